The lowest BCUT2D eigenvalue weighted by Gasteiger charge is -2.38. The summed E-state index contributed by atoms with van der Waals surface area (Å²) in [5, 5.41) is 0. The van der Waals surface area contributed by atoms with Crippen molar-refractivity contribution in [1.29, 1.82) is 0 Å². The van der Waals surface area contributed by atoms with Gasteiger partial charge in [-0.25, -0.2) is 0 Å². The standard InChI is InChI=1S/C19H27IO2/c20-17-11-18(14-21-13-15-7-3-1-4-8-15)22-19(12-17)16-9-5-2-6-10-16/h1,3-4,7-8,16-19H,2,5-6,9-14H2/t17-,18-,19+/m0/s1. The van der Waals surface area contributed by atoms with Crippen molar-refractivity contribution in [3.05, 3.63) is 35.9 Å². The first-order chi connectivity index (χ1) is 10.8. The first kappa shape index (κ1) is 16.7. The largest absolute Gasteiger partial charge is 0.374 e. The maximum atomic E-state index is 6.40. The zero-order valence-electron chi connectivity index (χ0n) is 13.3. The zero-order chi connectivity index (χ0) is 15.2. The molecular weight excluding hydrogens is 387 g/mol. The summed E-state index contributed by atoms with van der Waals surface area (Å²) in [4.78, 5) is 0. The van der Waals surface area contributed by atoms with E-state index in [0.717, 1.165) is 22.9 Å². The summed E-state index contributed by atoms with van der Waals surface area (Å²) in [6.45, 7) is 1.43. The van der Waals surface area contributed by atoms with E-state index in [1.54, 1.807) is 0 Å². The fourth-order valence-corrected chi connectivity index (χ4v) is 4.86. The van der Waals surface area contributed by atoms with Gasteiger partial charge in [0.05, 0.1) is 25.4 Å². The third-order valence-electron chi connectivity index (χ3n) is 4.96. The molecule has 0 radical (unpaired) electrons. The molecule has 3 atom stereocenters. The van der Waals surface area contributed by atoms with E-state index < -0.39 is 0 Å². The number of hydrogen-bond donors (Lipinski definition) is 0. The van der Waals surface area contributed by atoms with Gasteiger partial charge in [-0.2, -0.15) is 0 Å². The third kappa shape index (κ3) is 4.93. The molecule has 1 saturated carbocycles. The summed E-state index contributed by atoms with van der Waals surface area (Å²) >= 11 is 2.61. The highest BCUT2D eigenvalue weighted by Crippen LogP contribution is 2.36. The van der Waals surface area contributed by atoms with E-state index in [1.807, 2.05) is 6.07 Å². The molecule has 22 heavy (non-hydrogen) atoms. The third-order valence-corrected chi connectivity index (χ3v) is 5.98. The highest BCUT2D eigenvalue weighted by atomic mass is 127. The van der Waals surface area contributed by atoms with Crippen molar-refractivity contribution in [3.63, 3.8) is 0 Å². The predicted octanol–water partition coefficient (Wildman–Crippen LogP) is 5.13. The van der Waals surface area contributed by atoms with E-state index >= 15 is 0 Å². The quantitative estimate of drug-likeness (QED) is 0.491. The molecule has 0 aromatic heterocycles. The lowest BCUT2D eigenvalue weighted by molar-refractivity contribution is -0.110. The van der Waals surface area contributed by atoms with Gasteiger partial charge in [-0.3, -0.25) is 0 Å². The Bertz CT molecular complexity index is 430. The Morgan fingerprint density at radius 3 is 2.59 bits per heavy atom. The lowest BCUT2D eigenvalue weighted by atomic mass is 9.82. The molecule has 0 amide bonds. The Hall–Kier alpha value is -0.130. The van der Waals surface area contributed by atoms with Gasteiger partial charge in [0.2, 0.25) is 0 Å². The highest BCUT2D eigenvalue weighted by molar-refractivity contribution is 14.1. The topological polar surface area (TPSA) is 18.5 Å². The maximum absolute atomic E-state index is 6.40. The summed E-state index contributed by atoms with van der Waals surface area (Å²) in [6.07, 6.45) is 10.1. The van der Waals surface area contributed by atoms with E-state index in [0.29, 0.717) is 12.7 Å². The molecule has 0 unspecified atom stereocenters. The van der Waals surface area contributed by atoms with Gasteiger partial charge >= 0.3 is 0 Å². The van der Waals surface area contributed by atoms with E-state index in [-0.39, 0.29) is 6.10 Å². The summed E-state index contributed by atoms with van der Waals surface area (Å²) in [6, 6.07) is 10.4. The molecule has 1 aliphatic heterocycles. The summed E-state index contributed by atoms with van der Waals surface area (Å²) < 4.78 is 13.1. The van der Waals surface area contributed by atoms with Gasteiger partial charge in [-0.15, -0.1) is 0 Å². The van der Waals surface area contributed by atoms with Crippen LogP contribution in [0.25, 0.3) is 0 Å². The predicted molar refractivity (Wildman–Crippen MR) is 98.4 cm³/mol. The first-order valence-corrected chi connectivity index (χ1v) is 9.97. The molecule has 1 aromatic carbocycles. The summed E-state index contributed by atoms with van der Waals surface area (Å²) in [7, 11) is 0. The minimum Gasteiger partial charge on any atom is -0.374 e. The van der Waals surface area contributed by atoms with Gasteiger partial charge in [0.15, 0.2) is 0 Å². The van der Waals surface area contributed by atoms with Crippen LogP contribution >= 0.6 is 22.6 Å². The van der Waals surface area contributed by atoms with Crippen LogP contribution in [0.5, 0.6) is 0 Å². The van der Waals surface area contributed by atoms with E-state index in [2.05, 4.69) is 46.9 Å². The summed E-state index contributed by atoms with van der Waals surface area (Å²) in [5.74, 6) is 0.794. The van der Waals surface area contributed by atoms with Crippen LogP contribution in [0.3, 0.4) is 0 Å². The van der Waals surface area contributed by atoms with E-state index in [9.17, 15) is 0 Å². The highest BCUT2D eigenvalue weighted by Gasteiger charge is 2.33. The fraction of sp³-hybridized carbons (Fsp3) is 0.684. The zero-order valence-corrected chi connectivity index (χ0v) is 15.4. The van der Waals surface area contributed by atoms with Crippen LogP contribution < -0.4 is 0 Å². The second kappa shape index (κ2) is 8.65. The van der Waals surface area contributed by atoms with Crippen molar-refractivity contribution >= 4 is 22.6 Å². The van der Waals surface area contributed by atoms with Crippen molar-refractivity contribution in [3.8, 4) is 0 Å². The molecule has 1 aliphatic carbocycles. The van der Waals surface area contributed by atoms with Gasteiger partial charge in [-0.05, 0) is 37.2 Å². The second-order valence-electron chi connectivity index (χ2n) is 6.76. The van der Waals surface area contributed by atoms with Crippen LogP contribution in [0.15, 0.2) is 30.3 Å². The number of halogens is 1. The molecule has 3 rings (SSSR count). The molecule has 1 aromatic rings. The molecule has 0 spiro atoms. The van der Waals surface area contributed by atoms with Gasteiger partial charge < -0.3 is 9.47 Å². The van der Waals surface area contributed by atoms with Crippen molar-refractivity contribution in [2.75, 3.05) is 6.61 Å². The van der Waals surface area contributed by atoms with Crippen LogP contribution in [0.1, 0.15) is 50.5 Å². The average Bonchev–Trinajstić information content (AvgIpc) is 2.56. The Kier molecular flexibility index (Phi) is 6.57. The van der Waals surface area contributed by atoms with Crippen LogP contribution in [-0.2, 0) is 16.1 Å². The number of ether oxygens (including phenoxy) is 2. The molecule has 2 aliphatic rings. The lowest BCUT2D eigenvalue weighted by Crippen LogP contribution is -2.40. The molecule has 122 valence electrons. The Morgan fingerprint density at radius 1 is 1.05 bits per heavy atom. The van der Waals surface area contributed by atoms with Crippen LogP contribution in [0, 0.1) is 5.92 Å². The van der Waals surface area contributed by atoms with Crippen LogP contribution in [-0.4, -0.2) is 22.7 Å². The SMILES string of the molecule is I[C@H]1C[C@@H](COCc2ccccc2)O[C@@H](C2CCCCC2)C1. The Balaban J connectivity index is 1.46. The number of hydrogen-bond acceptors (Lipinski definition) is 2. The van der Waals surface area contributed by atoms with E-state index in [4.69, 9.17) is 9.47 Å². The van der Waals surface area contributed by atoms with Crippen LogP contribution in [0.4, 0.5) is 0 Å². The fourth-order valence-electron chi connectivity index (χ4n) is 3.79. The minimum atomic E-state index is 0.284. The molecule has 0 bridgehead atoms. The minimum absolute atomic E-state index is 0.284. The van der Waals surface area contributed by atoms with Gasteiger partial charge in [0.1, 0.15) is 0 Å². The average molecular weight is 414 g/mol. The van der Waals surface area contributed by atoms with Crippen molar-refractivity contribution < 1.29 is 9.47 Å². The molecule has 0 N–H and O–H groups in total. The normalized spacial score (nSPS) is 30.3. The number of rotatable bonds is 5. The van der Waals surface area contributed by atoms with E-state index in [1.165, 1.54) is 44.1 Å². The Labute approximate surface area is 148 Å². The maximum Gasteiger partial charge on any atom is 0.0822 e. The van der Waals surface area contributed by atoms with Crippen molar-refractivity contribution in [2.24, 2.45) is 5.92 Å². The van der Waals surface area contributed by atoms with Crippen LogP contribution in [0.2, 0.25) is 0 Å². The first-order valence-electron chi connectivity index (χ1n) is 8.72. The number of benzene rings is 1. The number of alkyl halides is 1. The molecule has 3 heteroatoms. The van der Waals surface area contributed by atoms with Gasteiger partial charge in [0, 0.05) is 3.92 Å². The molecule has 2 nitrogen and oxygen atoms in total. The molecular formula is C19H27IO2. The Morgan fingerprint density at radius 2 is 1.82 bits per heavy atom. The smallest absolute Gasteiger partial charge is 0.0822 e. The van der Waals surface area contributed by atoms with Crippen molar-refractivity contribution in [2.45, 2.75) is 67.7 Å². The van der Waals surface area contributed by atoms with Gasteiger partial charge in [0.25, 0.3) is 0 Å². The molecule has 2 fully saturated rings. The van der Waals surface area contributed by atoms with Crippen molar-refractivity contribution in [1.82, 2.24) is 0 Å². The van der Waals surface area contributed by atoms with Gasteiger partial charge in [-0.1, -0.05) is 72.2 Å². The molecule has 1 saturated heterocycles. The summed E-state index contributed by atoms with van der Waals surface area (Å²) in [5.41, 5.74) is 1.24. The second-order valence-corrected chi connectivity index (χ2v) is 8.53. The molecule has 1 heterocycles. The monoisotopic (exact) mass is 414 g/mol.